The quantitative estimate of drug-likeness (QED) is 0.565. The second-order valence-electron chi connectivity index (χ2n) is 7.46. The van der Waals surface area contributed by atoms with Crippen LogP contribution >= 0.6 is 0 Å². The smallest absolute Gasteiger partial charge is 0.407 e. The van der Waals surface area contributed by atoms with Crippen molar-refractivity contribution in [2.45, 2.75) is 26.1 Å². The summed E-state index contributed by atoms with van der Waals surface area (Å²) < 4.78 is 11.1. The van der Waals surface area contributed by atoms with Crippen LogP contribution in [0, 0.1) is 6.92 Å². The van der Waals surface area contributed by atoms with Crippen molar-refractivity contribution in [2.75, 3.05) is 13.1 Å². The first-order chi connectivity index (χ1) is 15.0. The molecule has 0 saturated heterocycles. The molecular weight excluding hydrogens is 398 g/mol. The lowest BCUT2D eigenvalue weighted by atomic mass is 10.0. The van der Waals surface area contributed by atoms with Gasteiger partial charge < -0.3 is 25.1 Å². The van der Waals surface area contributed by atoms with Gasteiger partial charge in [-0.25, -0.2) is 4.79 Å². The summed E-state index contributed by atoms with van der Waals surface area (Å²) in [5, 5.41) is 6.06. The van der Waals surface area contributed by atoms with Gasteiger partial charge in [-0.05, 0) is 29.7 Å². The molecule has 3 aromatic rings. The standard InChI is InChI=1S/C23H23N3O5/c1-14-9-16-10-17(31-22(16)18-7-8-19(27)26-21(14)18)11-24-20(28)12-25-23(29)30-13-15-5-3-2-4-6-15/h2-9,17H,10-13H2,1H3,(H,24,28)(H,25,29)(H,26,27). The molecule has 2 aromatic carbocycles. The van der Waals surface area contributed by atoms with Gasteiger partial charge in [-0.15, -0.1) is 0 Å². The zero-order valence-electron chi connectivity index (χ0n) is 17.1. The van der Waals surface area contributed by atoms with Crippen molar-refractivity contribution in [1.82, 2.24) is 15.6 Å². The van der Waals surface area contributed by atoms with E-state index in [1.807, 2.05) is 43.3 Å². The Labute approximate surface area is 178 Å². The fraction of sp³-hybridized carbons (Fsp3) is 0.261. The summed E-state index contributed by atoms with van der Waals surface area (Å²) >= 11 is 0. The van der Waals surface area contributed by atoms with Crippen molar-refractivity contribution >= 4 is 22.9 Å². The lowest BCUT2D eigenvalue weighted by Gasteiger charge is -2.13. The molecule has 4 rings (SSSR count). The van der Waals surface area contributed by atoms with Gasteiger partial charge in [-0.2, -0.15) is 0 Å². The molecule has 8 heteroatoms. The summed E-state index contributed by atoms with van der Waals surface area (Å²) in [5.74, 6) is 0.403. The number of rotatable bonds is 6. The molecule has 3 N–H and O–H groups in total. The van der Waals surface area contributed by atoms with Gasteiger partial charge in [0.15, 0.2) is 0 Å². The number of aryl methyl sites for hydroxylation is 1. The summed E-state index contributed by atoms with van der Waals surface area (Å²) in [6.45, 7) is 2.20. The van der Waals surface area contributed by atoms with Crippen LogP contribution in [0.15, 0.2) is 53.3 Å². The first-order valence-corrected chi connectivity index (χ1v) is 10.0. The van der Waals surface area contributed by atoms with Gasteiger partial charge in [-0.3, -0.25) is 9.59 Å². The van der Waals surface area contributed by atoms with E-state index in [9.17, 15) is 14.4 Å². The van der Waals surface area contributed by atoms with E-state index in [4.69, 9.17) is 9.47 Å². The van der Waals surface area contributed by atoms with E-state index in [1.165, 1.54) is 6.07 Å². The molecule has 1 aromatic heterocycles. The molecule has 2 heterocycles. The van der Waals surface area contributed by atoms with Crippen molar-refractivity contribution < 1.29 is 19.1 Å². The summed E-state index contributed by atoms with van der Waals surface area (Å²) in [6, 6.07) is 14.5. The minimum absolute atomic E-state index is 0.140. The lowest BCUT2D eigenvalue weighted by molar-refractivity contribution is -0.120. The van der Waals surface area contributed by atoms with Crippen LogP contribution < -0.4 is 20.9 Å². The average molecular weight is 421 g/mol. The molecule has 0 saturated carbocycles. The van der Waals surface area contributed by atoms with Gasteiger partial charge in [0.25, 0.3) is 0 Å². The molecule has 0 aliphatic carbocycles. The van der Waals surface area contributed by atoms with Crippen LogP contribution in [0.4, 0.5) is 4.79 Å². The number of fused-ring (bicyclic) bond motifs is 3. The summed E-state index contributed by atoms with van der Waals surface area (Å²) in [7, 11) is 0. The Bertz CT molecular complexity index is 1170. The predicted octanol–water partition coefficient (Wildman–Crippen LogP) is 2.18. The third-order valence-corrected chi connectivity index (χ3v) is 5.11. The summed E-state index contributed by atoms with van der Waals surface area (Å²) in [5.41, 5.74) is 3.48. The minimum atomic E-state index is -0.653. The highest BCUT2D eigenvalue weighted by Gasteiger charge is 2.26. The maximum atomic E-state index is 12.1. The van der Waals surface area contributed by atoms with E-state index in [0.29, 0.717) is 13.0 Å². The van der Waals surface area contributed by atoms with E-state index in [0.717, 1.165) is 33.3 Å². The minimum Gasteiger partial charge on any atom is -0.487 e. The number of pyridine rings is 1. The molecule has 8 nitrogen and oxygen atoms in total. The fourth-order valence-corrected chi connectivity index (χ4v) is 3.62. The van der Waals surface area contributed by atoms with Crippen molar-refractivity contribution in [2.24, 2.45) is 0 Å². The van der Waals surface area contributed by atoms with E-state index >= 15 is 0 Å². The molecule has 160 valence electrons. The maximum Gasteiger partial charge on any atom is 0.407 e. The SMILES string of the molecule is Cc1cc2c(c3ccc(=O)[nH]c13)OC(CNC(=O)CNC(=O)OCc1ccccc1)C2. The Morgan fingerprint density at radius 1 is 1.16 bits per heavy atom. The highest BCUT2D eigenvalue weighted by molar-refractivity contribution is 5.89. The number of amides is 2. The van der Waals surface area contributed by atoms with E-state index in [-0.39, 0.29) is 30.7 Å². The molecule has 1 aliphatic rings. The Morgan fingerprint density at radius 2 is 1.97 bits per heavy atom. The third-order valence-electron chi connectivity index (χ3n) is 5.11. The van der Waals surface area contributed by atoms with Crippen LogP contribution in [0.3, 0.4) is 0 Å². The number of hydrogen-bond acceptors (Lipinski definition) is 5. The second kappa shape index (κ2) is 8.91. The number of alkyl carbamates (subject to hydrolysis) is 1. The topological polar surface area (TPSA) is 110 Å². The lowest BCUT2D eigenvalue weighted by Crippen LogP contribution is -2.41. The highest BCUT2D eigenvalue weighted by atomic mass is 16.5. The first-order valence-electron chi connectivity index (χ1n) is 10.0. The number of aromatic nitrogens is 1. The van der Waals surface area contributed by atoms with Crippen molar-refractivity contribution in [3.8, 4) is 5.75 Å². The Balaban J connectivity index is 1.25. The molecule has 1 atom stereocenters. The van der Waals surface area contributed by atoms with Crippen LogP contribution in [0.5, 0.6) is 5.75 Å². The predicted molar refractivity (Wildman–Crippen MR) is 115 cm³/mol. The Morgan fingerprint density at radius 3 is 2.77 bits per heavy atom. The molecule has 0 fully saturated rings. The molecule has 0 bridgehead atoms. The molecule has 1 aliphatic heterocycles. The zero-order valence-corrected chi connectivity index (χ0v) is 17.1. The van der Waals surface area contributed by atoms with Gasteiger partial charge in [-0.1, -0.05) is 36.4 Å². The van der Waals surface area contributed by atoms with Crippen LogP contribution in [0.1, 0.15) is 16.7 Å². The van der Waals surface area contributed by atoms with Crippen molar-refractivity contribution in [3.63, 3.8) is 0 Å². The Kier molecular flexibility index (Phi) is 5.88. The van der Waals surface area contributed by atoms with Crippen LogP contribution in [-0.2, 0) is 22.6 Å². The molecule has 0 radical (unpaired) electrons. The number of nitrogens with one attached hydrogen (secondary N) is 3. The van der Waals surface area contributed by atoms with Gasteiger partial charge >= 0.3 is 6.09 Å². The van der Waals surface area contributed by atoms with Gasteiger partial charge in [0, 0.05) is 17.9 Å². The number of aromatic amines is 1. The van der Waals surface area contributed by atoms with Crippen molar-refractivity contribution in [3.05, 3.63) is 75.6 Å². The molecule has 1 unspecified atom stereocenters. The van der Waals surface area contributed by atoms with Crippen molar-refractivity contribution in [1.29, 1.82) is 0 Å². The van der Waals surface area contributed by atoms with Crippen LogP contribution in [-0.4, -0.2) is 36.2 Å². The number of benzene rings is 2. The maximum absolute atomic E-state index is 12.1. The number of carbonyl (C=O) groups is 2. The largest absolute Gasteiger partial charge is 0.487 e. The number of hydrogen-bond donors (Lipinski definition) is 3. The fourth-order valence-electron chi connectivity index (χ4n) is 3.62. The van der Waals surface area contributed by atoms with Gasteiger partial charge in [0.2, 0.25) is 11.5 Å². The van der Waals surface area contributed by atoms with E-state index < -0.39 is 6.09 Å². The number of H-pyrrole nitrogens is 1. The first kappa shape index (κ1) is 20.5. The molecule has 2 amide bonds. The zero-order chi connectivity index (χ0) is 21.8. The average Bonchev–Trinajstić information content (AvgIpc) is 3.18. The normalized spacial score (nSPS) is 14.5. The number of ether oxygens (including phenoxy) is 2. The third kappa shape index (κ3) is 4.85. The molecular formula is C23H23N3O5. The van der Waals surface area contributed by atoms with Crippen LogP contribution in [0.2, 0.25) is 0 Å². The summed E-state index contributed by atoms with van der Waals surface area (Å²) in [4.78, 5) is 38.3. The molecule has 31 heavy (non-hydrogen) atoms. The second-order valence-corrected chi connectivity index (χ2v) is 7.46. The Hall–Kier alpha value is -3.81. The highest BCUT2D eigenvalue weighted by Crippen LogP contribution is 2.36. The molecule has 0 spiro atoms. The van der Waals surface area contributed by atoms with E-state index in [1.54, 1.807) is 6.07 Å². The van der Waals surface area contributed by atoms with Gasteiger partial charge in [0.1, 0.15) is 18.5 Å². The number of carbonyl (C=O) groups excluding carboxylic acids is 2. The summed E-state index contributed by atoms with van der Waals surface area (Å²) in [6.07, 6.45) is -0.224. The van der Waals surface area contributed by atoms with E-state index in [2.05, 4.69) is 15.6 Å². The van der Waals surface area contributed by atoms with Crippen LogP contribution in [0.25, 0.3) is 10.9 Å². The van der Waals surface area contributed by atoms with Gasteiger partial charge in [0.05, 0.1) is 18.6 Å². The monoisotopic (exact) mass is 421 g/mol.